The first kappa shape index (κ1) is 10.2. The van der Waals surface area contributed by atoms with E-state index >= 15 is 0 Å². The van der Waals surface area contributed by atoms with Gasteiger partial charge in [-0.1, -0.05) is 6.92 Å². The maximum Gasteiger partial charge on any atom is 0.300 e. The number of hydrogen-bond acceptors (Lipinski definition) is 3. The number of rotatable bonds is 2. The van der Waals surface area contributed by atoms with E-state index in [-0.39, 0.29) is 6.04 Å². The Morgan fingerprint density at radius 2 is 2.33 bits per heavy atom. The average Bonchev–Trinajstić information content (AvgIpc) is 2.03. The van der Waals surface area contributed by atoms with Gasteiger partial charge in [0.15, 0.2) is 0 Å². The van der Waals surface area contributed by atoms with Gasteiger partial charge in [0.1, 0.15) is 0 Å². The lowest BCUT2D eigenvalue weighted by molar-refractivity contribution is 0.266. The Morgan fingerprint density at radius 3 is 2.75 bits per heavy atom. The van der Waals surface area contributed by atoms with Gasteiger partial charge >= 0.3 is 0 Å². The number of nitrogens with one attached hydrogen (secondary N) is 1. The molecule has 1 aliphatic heterocycles. The lowest BCUT2D eigenvalue weighted by atomic mass is 10.2. The minimum absolute atomic E-state index is 0.0150. The highest BCUT2D eigenvalue weighted by Gasteiger charge is 2.29. The number of piperazine rings is 1. The van der Waals surface area contributed by atoms with E-state index in [2.05, 4.69) is 5.32 Å². The van der Waals surface area contributed by atoms with Crippen LogP contribution in [0.2, 0.25) is 0 Å². The second-order valence-corrected chi connectivity index (χ2v) is 5.28. The molecule has 1 heterocycles. The molecule has 1 atom stereocenters. The third-order valence-electron chi connectivity index (χ3n) is 2.05. The summed E-state index contributed by atoms with van der Waals surface area (Å²) in [5.74, 6) is 0. The van der Waals surface area contributed by atoms with E-state index in [0.29, 0.717) is 19.6 Å². The Hall–Kier alpha value is 0.160. The fourth-order valence-corrected chi connectivity index (χ4v) is 2.81. The molecular formula is C6H13ClN2O2S. The lowest BCUT2D eigenvalue weighted by Crippen LogP contribution is -2.51. The minimum Gasteiger partial charge on any atom is -0.314 e. The first-order valence-electron chi connectivity index (χ1n) is 3.98. The summed E-state index contributed by atoms with van der Waals surface area (Å²) in [4.78, 5) is 0. The molecule has 1 rings (SSSR count). The molecule has 1 unspecified atom stereocenters. The van der Waals surface area contributed by atoms with Gasteiger partial charge in [-0.05, 0) is 6.42 Å². The molecule has 0 saturated carbocycles. The maximum atomic E-state index is 11.0. The summed E-state index contributed by atoms with van der Waals surface area (Å²) < 4.78 is 23.4. The summed E-state index contributed by atoms with van der Waals surface area (Å²) in [7, 11) is 1.73. The van der Waals surface area contributed by atoms with Crippen LogP contribution in [-0.2, 0) is 9.24 Å². The second kappa shape index (κ2) is 3.91. The van der Waals surface area contributed by atoms with E-state index in [1.54, 1.807) is 0 Å². The van der Waals surface area contributed by atoms with Crippen molar-refractivity contribution in [1.29, 1.82) is 0 Å². The summed E-state index contributed by atoms with van der Waals surface area (Å²) in [6.45, 7) is 3.81. The third kappa shape index (κ3) is 2.32. The molecule has 1 N–H and O–H groups in total. The molecule has 12 heavy (non-hydrogen) atoms. The molecule has 0 amide bonds. The van der Waals surface area contributed by atoms with Crippen LogP contribution >= 0.6 is 10.7 Å². The monoisotopic (exact) mass is 212 g/mol. The quantitative estimate of drug-likeness (QED) is 0.664. The van der Waals surface area contributed by atoms with Crippen molar-refractivity contribution in [2.24, 2.45) is 0 Å². The number of nitrogens with zero attached hydrogens (tertiary/aromatic N) is 1. The summed E-state index contributed by atoms with van der Waals surface area (Å²) in [6.07, 6.45) is 0.791. The van der Waals surface area contributed by atoms with Gasteiger partial charge in [-0.2, -0.15) is 12.7 Å². The Balaban J connectivity index is 2.72. The minimum atomic E-state index is -3.52. The smallest absolute Gasteiger partial charge is 0.300 e. The van der Waals surface area contributed by atoms with E-state index in [9.17, 15) is 8.42 Å². The maximum absolute atomic E-state index is 11.0. The van der Waals surface area contributed by atoms with Crippen LogP contribution in [0.15, 0.2) is 0 Å². The molecule has 0 bridgehead atoms. The van der Waals surface area contributed by atoms with Crippen LogP contribution in [0, 0.1) is 0 Å². The third-order valence-corrected chi connectivity index (χ3v) is 3.62. The van der Waals surface area contributed by atoms with Crippen molar-refractivity contribution < 1.29 is 8.42 Å². The number of halogens is 1. The van der Waals surface area contributed by atoms with Crippen LogP contribution in [0.5, 0.6) is 0 Å². The zero-order chi connectivity index (χ0) is 9.19. The highest BCUT2D eigenvalue weighted by Crippen LogP contribution is 2.15. The van der Waals surface area contributed by atoms with Gasteiger partial charge in [0.25, 0.3) is 9.24 Å². The summed E-state index contributed by atoms with van der Waals surface area (Å²) in [5.41, 5.74) is 0. The molecule has 0 radical (unpaired) electrons. The van der Waals surface area contributed by atoms with Gasteiger partial charge in [-0.15, -0.1) is 0 Å². The molecule has 4 nitrogen and oxygen atoms in total. The van der Waals surface area contributed by atoms with Gasteiger partial charge in [-0.25, -0.2) is 0 Å². The molecular weight excluding hydrogens is 200 g/mol. The molecule has 72 valence electrons. The van der Waals surface area contributed by atoms with Crippen LogP contribution in [0.25, 0.3) is 0 Å². The predicted octanol–water partition coefficient (Wildman–Crippen LogP) is 0.154. The van der Waals surface area contributed by atoms with E-state index in [0.717, 1.165) is 6.42 Å². The number of hydrogen-bond donors (Lipinski definition) is 1. The summed E-state index contributed by atoms with van der Waals surface area (Å²) in [5, 5.41) is 3.12. The van der Waals surface area contributed by atoms with Crippen LogP contribution in [0.4, 0.5) is 0 Å². The van der Waals surface area contributed by atoms with Gasteiger partial charge in [0, 0.05) is 36.4 Å². The van der Waals surface area contributed by atoms with Crippen molar-refractivity contribution in [3.63, 3.8) is 0 Å². The Bertz CT molecular complexity index is 242. The van der Waals surface area contributed by atoms with E-state index in [4.69, 9.17) is 10.7 Å². The van der Waals surface area contributed by atoms with Gasteiger partial charge in [0.05, 0.1) is 0 Å². The zero-order valence-electron chi connectivity index (χ0n) is 6.96. The highest BCUT2D eigenvalue weighted by atomic mass is 35.7. The molecule has 0 spiro atoms. The van der Waals surface area contributed by atoms with Crippen molar-refractivity contribution in [2.45, 2.75) is 19.4 Å². The molecule has 0 aromatic heterocycles. The normalized spacial score (nSPS) is 27.3. The van der Waals surface area contributed by atoms with Crippen molar-refractivity contribution in [3.8, 4) is 0 Å². The summed E-state index contributed by atoms with van der Waals surface area (Å²) >= 11 is 0. The van der Waals surface area contributed by atoms with Crippen molar-refractivity contribution >= 4 is 19.9 Å². The first-order valence-corrected chi connectivity index (χ1v) is 6.24. The SMILES string of the molecule is CCC1CNCCN1S(=O)(=O)Cl. The van der Waals surface area contributed by atoms with E-state index in [1.807, 2.05) is 6.92 Å². The van der Waals surface area contributed by atoms with Crippen molar-refractivity contribution in [2.75, 3.05) is 19.6 Å². The molecule has 0 aromatic carbocycles. The fraction of sp³-hybridized carbons (Fsp3) is 1.00. The van der Waals surface area contributed by atoms with E-state index < -0.39 is 9.24 Å². The topological polar surface area (TPSA) is 49.4 Å². The molecule has 1 saturated heterocycles. The Labute approximate surface area is 77.4 Å². The van der Waals surface area contributed by atoms with Crippen LogP contribution in [0.3, 0.4) is 0 Å². The molecule has 1 fully saturated rings. The zero-order valence-corrected chi connectivity index (χ0v) is 8.53. The van der Waals surface area contributed by atoms with Crippen molar-refractivity contribution in [1.82, 2.24) is 9.62 Å². The molecule has 0 aromatic rings. The van der Waals surface area contributed by atoms with Gasteiger partial charge in [-0.3, -0.25) is 0 Å². The Morgan fingerprint density at radius 1 is 1.67 bits per heavy atom. The van der Waals surface area contributed by atoms with Crippen LogP contribution in [0.1, 0.15) is 13.3 Å². The van der Waals surface area contributed by atoms with Gasteiger partial charge in [0.2, 0.25) is 0 Å². The molecule has 6 heteroatoms. The van der Waals surface area contributed by atoms with Crippen LogP contribution < -0.4 is 5.32 Å². The first-order chi connectivity index (χ1) is 5.55. The molecule has 0 aliphatic carbocycles. The van der Waals surface area contributed by atoms with Crippen molar-refractivity contribution in [3.05, 3.63) is 0 Å². The predicted molar refractivity (Wildman–Crippen MR) is 48.4 cm³/mol. The van der Waals surface area contributed by atoms with Gasteiger partial charge < -0.3 is 5.32 Å². The standard InChI is InChI=1S/C6H13ClN2O2S/c1-2-6-5-8-3-4-9(6)12(7,10)11/h6,8H,2-5H2,1H3. The summed E-state index contributed by atoms with van der Waals surface area (Å²) in [6, 6.07) is 0.0150. The largest absolute Gasteiger partial charge is 0.314 e. The average molecular weight is 213 g/mol. The second-order valence-electron chi connectivity index (χ2n) is 2.82. The van der Waals surface area contributed by atoms with Crippen LogP contribution in [-0.4, -0.2) is 38.4 Å². The fourth-order valence-electron chi connectivity index (χ4n) is 1.38. The molecule has 1 aliphatic rings. The highest BCUT2D eigenvalue weighted by molar-refractivity contribution is 8.11. The van der Waals surface area contributed by atoms with E-state index in [1.165, 1.54) is 4.31 Å². The Kier molecular flexibility index (Phi) is 3.34. The lowest BCUT2D eigenvalue weighted by Gasteiger charge is -2.32.